The van der Waals surface area contributed by atoms with Crippen molar-refractivity contribution in [1.82, 2.24) is 4.72 Å². The molecule has 0 aliphatic carbocycles. The third-order valence-electron chi connectivity index (χ3n) is 4.25. The minimum Gasteiger partial charge on any atom is -0.486 e. The summed E-state index contributed by atoms with van der Waals surface area (Å²) >= 11 is 6.23. The Morgan fingerprint density at radius 1 is 1.20 bits per heavy atom. The van der Waals surface area contributed by atoms with E-state index >= 15 is 0 Å². The quantitative estimate of drug-likeness (QED) is 0.462. The highest BCUT2D eigenvalue weighted by molar-refractivity contribution is 7.89. The predicted octanol–water partition coefficient (Wildman–Crippen LogP) is 3.36. The number of benzene rings is 2. The van der Waals surface area contributed by atoms with Crippen molar-refractivity contribution >= 4 is 33.0 Å². The van der Waals surface area contributed by atoms with E-state index < -0.39 is 14.9 Å². The van der Waals surface area contributed by atoms with E-state index in [0.29, 0.717) is 42.7 Å². The van der Waals surface area contributed by atoms with E-state index in [9.17, 15) is 18.5 Å². The number of hydrogen-bond donors (Lipinski definition) is 2. The van der Waals surface area contributed by atoms with Gasteiger partial charge < -0.3 is 14.8 Å². The number of nitrogens with one attached hydrogen (secondary N) is 2. The van der Waals surface area contributed by atoms with Gasteiger partial charge in [0.05, 0.1) is 14.8 Å². The van der Waals surface area contributed by atoms with Crippen molar-refractivity contribution < 1.29 is 22.8 Å². The van der Waals surface area contributed by atoms with Crippen LogP contribution in [-0.4, -0.2) is 39.1 Å². The average molecular weight is 456 g/mol. The van der Waals surface area contributed by atoms with Crippen molar-refractivity contribution in [3.05, 3.63) is 51.0 Å². The molecule has 0 spiro atoms. The highest BCUT2D eigenvalue weighted by Crippen LogP contribution is 2.38. The summed E-state index contributed by atoms with van der Waals surface area (Å²) in [5.74, 6) is 1.09. The number of anilines is 1. The van der Waals surface area contributed by atoms with Gasteiger partial charge in [0.15, 0.2) is 11.5 Å². The maximum Gasteiger partial charge on any atom is 0.293 e. The van der Waals surface area contributed by atoms with E-state index in [1.54, 1.807) is 19.9 Å². The van der Waals surface area contributed by atoms with Gasteiger partial charge in [0.1, 0.15) is 18.9 Å². The first-order valence-electron chi connectivity index (χ1n) is 9.30. The first kappa shape index (κ1) is 22.1. The number of nitrogens with zero attached hydrogens (tertiary/aromatic N) is 1. The molecule has 0 amide bonds. The second kappa shape index (κ2) is 9.07. The number of halogens is 1. The zero-order valence-electron chi connectivity index (χ0n) is 16.5. The molecular formula is C19H22ClN3O6S. The Hall–Kier alpha value is -2.56. The number of nitro groups is 1. The second-order valence-corrected chi connectivity index (χ2v) is 9.11. The molecule has 162 valence electrons. The number of rotatable bonds is 8. The fourth-order valence-corrected chi connectivity index (χ4v) is 4.57. The van der Waals surface area contributed by atoms with Crippen molar-refractivity contribution in [2.75, 3.05) is 25.1 Å². The number of sulfonamides is 1. The van der Waals surface area contributed by atoms with Crippen LogP contribution in [0.5, 0.6) is 11.5 Å². The molecule has 0 bridgehead atoms. The number of fused-ring (bicyclic) bond motifs is 1. The smallest absolute Gasteiger partial charge is 0.293 e. The highest BCUT2D eigenvalue weighted by Gasteiger charge is 2.22. The lowest BCUT2D eigenvalue weighted by Gasteiger charge is -2.20. The Bertz CT molecular complexity index is 1060. The Labute approximate surface area is 179 Å². The van der Waals surface area contributed by atoms with Gasteiger partial charge in [-0.2, -0.15) is 0 Å². The standard InChI is InChI=1S/C19H22ClN3O6S/c1-12(2)22-30(26,27)14-3-4-16(17(11-14)23(24)25)21-6-5-13-9-15(20)19-18(10-13)28-7-8-29-19/h3-4,9-12,21-22H,5-8H2,1-2H3. The van der Waals surface area contributed by atoms with E-state index in [4.69, 9.17) is 21.1 Å². The molecule has 1 aliphatic heterocycles. The molecule has 1 heterocycles. The molecule has 0 unspecified atom stereocenters. The third-order valence-corrected chi connectivity index (χ3v) is 6.19. The van der Waals surface area contributed by atoms with E-state index in [0.717, 1.165) is 11.6 Å². The SMILES string of the molecule is CC(C)NS(=O)(=O)c1ccc(NCCc2cc(Cl)c3c(c2)OCCO3)c([N+](=O)[O-])c1. The average Bonchev–Trinajstić information content (AvgIpc) is 2.67. The Morgan fingerprint density at radius 3 is 2.63 bits per heavy atom. The lowest BCUT2D eigenvalue weighted by Crippen LogP contribution is -2.30. The third kappa shape index (κ3) is 5.13. The van der Waals surface area contributed by atoms with Gasteiger partial charge in [-0.1, -0.05) is 11.6 Å². The molecule has 0 atom stereocenters. The van der Waals surface area contributed by atoms with Gasteiger partial charge >= 0.3 is 0 Å². The molecule has 9 nitrogen and oxygen atoms in total. The Morgan fingerprint density at radius 2 is 1.93 bits per heavy atom. The van der Waals surface area contributed by atoms with Crippen LogP contribution in [-0.2, 0) is 16.4 Å². The van der Waals surface area contributed by atoms with Gasteiger partial charge in [-0.05, 0) is 50.1 Å². The molecule has 2 aromatic carbocycles. The van der Waals surface area contributed by atoms with Crippen LogP contribution in [0.25, 0.3) is 0 Å². The van der Waals surface area contributed by atoms with Crippen LogP contribution in [0.1, 0.15) is 19.4 Å². The monoisotopic (exact) mass is 455 g/mol. The van der Waals surface area contributed by atoms with Gasteiger partial charge in [-0.25, -0.2) is 13.1 Å². The normalized spacial score (nSPS) is 13.3. The van der Waals surface area contributed by atoms with Crippen LogP contribution < -0.4 is 19.5 Å². The maximum absolute atomic E-state index is 12.3. The summed E-state index contributed by atoms with van der Waals surface area (Å²) in [6, 6.07) is 7.03. The Kier molecular flexibility index (Phi) is 6.69. The summed E-state index contributed by atoms with van der Waals surface area (Å²) in [5.41, 5.74) is 0.786. The minimum atomic E-state index is -3.83. The van der Waals surface area contributed by atoms with Crippen LogP contribution in [0, 0.1) is 10.1 Å². The lowest BCUT2D eigenvalue weighted by molar-refractivity contribution is -0.384. The van der Waals surface area contributed by atoms with Gasteiger partial charge in [0.2, 0.25) is 10.0 Å². The maximum atomic E-state index is 12.3. The molecule has 0 aromatic heterocycles. The van der Waals surface area contributed by atoms with Crippen LogP contribution in [0.4, 0.5) is 11.4 Å². The summed E-state index contributed by atoms with van der Waals surface area (Å²) in [5, 5.41) is 14.9. The van der Waals surface area contributed by atoms with Gasteiger partial charge in [0, 0.05) is 18.7 Å². The molecule has 0 saturated heterocycles. The largest absolute Gasteiger partial charge is 0.486 e. The van der Waals surface area contributed by atoms with Crippen LogP contribution in [0.3, 0.4) is 0 Å². The summed E-state index contributed by atoms with van der Waals surface area (Å²) in [7, 11) is -3.83. The number of ether oxygens (including phenoxy) is 2. The van der Waals surface area contributed by atoms with E-state index in [1.165, 1.54) is 12.1 Å². The molecule has 0 fully saturated rings. The van der Waals surface area contributed by atoms with Crippen LogP contribution in [0.15, 0.2) is 35.2 Å². The zero-order chi connectivity index (χ0) is 21.9. The predicted molar refractivity (Wildman–Crippen MR) is 113 cm³/mol. The highest BCUT2D eigenvalue weighted by atomic mass is 35.5. The summed E-state index contributed by atoms with van der Waals surface area (Å²) in [6.07, 6.45) is 0.516. The zero-order valence-corrected chi connectivity index (χ0v) is 18.0. The van der Waals surface area contributed by atoms with Crippen molar-refractivity contribution in [2.24, 2.45) is 0 Å². The molecule has 3 rings (SSSR count). The first-order chi connectivity index (χ1) is 14.2. The Balaban J connectivity index is 1.74. The lowest BCUT2D eigenvalue weighted by atomic mass is 10.1. The summed E-state index contributed by atoms with van der Waals surface area (Å²) < 4.78 is 38.0. The molecule has 0 radical (unpaired) electrons. The second-order valence-electron chi connectivity index (χ2n) is 6.99. The van der Waals surface area contributed by atoms with E-state index in [2.05, 4.69) is 10.0 Å². The molecule has 2 aromatic rings. The van der Waals surface area contributed by atoms with Crippen molar-refractivity contribution in [3.8, 4) is 11.5 Å². The van der Waals surface area contributed by atoms with E-state index in [-0.39, 0.29) is 22.3 Å². The van der Waals surface area contributed by atoms with Gasteiger partial charge in [-0.3, -0.25) is 10.1 Å². The number of nitro benzene ring substituents is 1. The molecule has 0 saturated carbocycles. The molecular weight excluding hydrogens is 434 g/mol. The first-order valence-corrected chi connectivity index (χ1v) is 11.2. The molecule has 11 heteroatoms. The fraction of sp³-hybridized carbons (Fsp3) is 0.368. The molecule has 1 aliphatic rings. The fourth-order valence-electron chi connectivity index (χ4n) is 3.01. The number of hydrogen-bond acceptors (Lipinski definition) is 7. The molecule has 2 N–H and O–H groups in total. The van der Waals surface area contributed by atoms with E-state index in [1.807, 2.05) is 6.07 Å². The topological polar surface area (TPSA) is 120 Å². The van der Waals surface area contributed by atoms with Crippen molar-refractivity contribution in [2.45, 2.75) is 31.2 Å². The van der Waals surface area contributed by atoms with Crippen LogP contribution in [0.2, 0.25) is 5.02 Å². The molecule has 30 heavy (non-hydrogen) atoms. The minimum absolute atomic E-state index is 0.160. The van der Waals surface area contributed by atoms with Crippen molar-refractivity contribution in [1.29, 1.82) is 0 Å². The summed E-state index contributed by atoms with van der Waals surface area (Å²) in [6.45, 7) is 4.60. The summed E-state index contributed by atoms with van der Waals surface area (Å²) in [4.78, 5) is 10.7. The van der Waals surface area contributed by atoms with Crippen molar-refractivity contribution in [3.63, 3.8) is 0 Å². The van der Waals surface area contributed by atoms with Gasteiger partial charge in [0.25, 0.3) is 5.69 Å². The van der Waals surface area contributed by atoms with Gasteiger partial charge in [-0.15, -0.1) is 0 Å². The van der Waals surface area contributed by atoms with Crippen LogP contribution >= 0.6 is 11.6 Å².